The largest absolute Gasteiger partial charge is 0.378 e. The Morgan fingerprint density at radius 2 is 1.72 bits per heavy atom. The smallest absolute Gasteiger partial charge is 0.339 e. The number of hydrogen-bond donors (Lipinski definition) is 0. The van der Waals surface area contributed by atoms with E-state index in [2.05, 4.69) is 0 Å². The van der Waals surface area contributed by atoms with E-state index in [0.29, 0.717) is 22.0 Å². The monoisotopic (exact) mass is 623 g/mol. The van der Waals surface area contributed by atoms with E-state index in [1.807, 2.05) is 29.5 Å². The third kappa shape index (κ3) is 4.17. The number of halogens is 2. The first-order valence-corrected chi connectivity index (χ1v) is 13.8. The summed E-state index contributed by atoms with van der Waals surface area (Å²) in [5.74, 6) is -0.689. The highest BCUT2D eigenvalue weighted by Gasteiger charge is 2.37. The zero-order valence-corrected chi connectivity index (χ0v) is 22.8. The molecule has 1 saturated carbocycles. The van der Waals surface area contributed by atoms with Gasteiger partial charge in [-0.25, -0.2) is 13.8 Å². The summed E-state index contributed by atoms with van der Waals surface area (Å²) in [5, 5.41) is 0. The van der Waals surface area contributed by atoms with E-state index in [4.69, 9.17) is 4.18 Å². The van der Waals surface area contributed by atoms with Crippen LogP contribution in [0.25, 0.3) is 11.4 Å². The molecule has 1 aliphatic heterocycles. The summed E-state index contributed by atoms with van der Waals surface area (Å²) >= 11 is 1.97. The number of anilines is 1. The topological polar surface area (TPSA) is 90.6 Å². The lowest BCUT2D eigenvalue weighted by Crippen LogP contribution is -2.46. The van der Waals surface area contributed by atoms with Crippen LogP contribution in [0, 0.1) is 16.3 Å². The highest BCUT2D eigenvalue weighted by atomic mass is 127. The molecule has 1 fully saturated rings. The Bertz CT molecular complexity index is 1650. The standard InChI is InChI=1S/C25H23FIN3O5S/c1-14-4-9-18(10-5-14)36(33,34)35-22-15(2)13-28(3)23-21(22)24(31)29(17-7-8-17)25(32)30(23)20-11-6-16(27)12-19(20)26/h4-6,9-12,17H,7-8,13H2,1-3H3. The van der Waals surface area contributed by atoms with Gasteiger partial charge < -0.3 is 9.08 Å². The number of rotatable bonds is 5. The summed E-state index contributed by atoms with van der Waals surface area (Å²) in [6.45, 7) is 3.67. The summed E-state index contributed by atoms with van der Waals surface area (Å²) in [4.78, 5) is 28.9. The fraction of sp³-hybridized carbons (Fsp3) is 0.280. The molecule has 2 heterocycles. The van der Waals surface area contributed by atoms with Gasteiger partial charge in [0.05, 0.1) is 5.69 Å². The summed E-state index contributed by atoms with van der Waals surface area (Å²) in [5.41, 5.74) is -0.0638. The Balaban J connectivity index is 1.79. The average Bonchev–Trinajstić information content (AvgIpc) is 3.63. The molecule has 0 N–H and O–H groups in total. The van der Waals surface area contributed by atoms with Crippen molar-refractivity contribution in [1.29, 1.82) is 0 Å². The second-order valence-corrected chi connectivity index (χ2v) is 11.9. The van der Waals surface area contributed by atoms with E-state index in [1.165, 1.54) is 24.3 Å². The van der Waals surface area contributed by atoms with Crippen LogP contribution in [0.5, 0.6) is 0 Å². The van der Waals surface area contributed by atoms with Gasteiger partial charge in [-0.15, -0.1) is 0 Å². The molecular weight excluding hydrogens is 600 g/mol. The maximum Gasteiger partial charge on any atom is 0.339 e. The lowest BCUT2D eigenvalue weighted by molar-refractivity contribution is 0.456. The summed E-state index contributed by atoms with van der Waals surface area (Å²) in [6.07, 6.45) is 1.25. The average molecular weight is 623 g/mol. The maximum absolute atomic E-state index is 15.2. The molecule has 5 rings (SSSR count). The van der Waals surface area contributed by atoms with Crippen molar-refractivity contribution in [3.05, 3.63) is 89.4 Å². The zero-order valence-electron chi connectivity index (χ0n) is 19.8. The van der Waals surface area contributed by atoms with Gasteiger partial charge in [-0.2, -0.15) is 8.42 Å². The number of aryl methyl sites for hydroxylation is 1. The van der Waals surface area contributed by atoms with Gasteiger partial charge in [0.1, 0.15) is 22.1 Å². The van der Waals surface area contributed by atoms with Crippen LogP contribution >= 0.6 is 22.6 Å². The maximum atomic E-state index is 15.2. The molecule has 11 heteroatoms. The molecule has 3 aromatic rings. The van der Waals surface area contributed by atoms with E-state index in [-0.39, 0.29) is 40.3 Å². The first kappa shape index (κ1) is 24.8. The van der Waals surface area contributed by atoms with Crippen molar-refractivity contribution in [2.24, 2.45) is 0 Å². The minimum absolute atomic E-state index is 0.0294. The third-order valence-electron chi connectivity index (χ3n) is 6.28. The van der Waals surface area contributed by atoms with Crippen LogP contribution in [-0.2, 0) is 14.3 Å². The molecule has 8 nitrogen and oxygen atoms in total. The van der Waals surface area contributed by atoms with Crippen molar-refractivity contribution < 1.29 is 17.0 Å². The number of fused-ring (bicyclic) bond motifs is 1. The highest BCUT2D eigenvalue weighted by Crippen LogP contribution is 2.38. The van der Waals surface area contributed by atoms with E-state index in [9.17, 15) is 18.0 Å². The van der Waals surface area contributed by atoms with Crippen LogP contribution in [-0.4, -0.2) is 31.1 Å². The second kappa shape index (κ2) is 8.87. The first-order valence-electron chi connectivity index (χ1n) is 11.3. The van der Waals surface area contributed by atoms with Gasteiger partial charge in [0.15, 0.2) is 5.76 Å². The van der Waals surface area contributed by atoms with Gasteiger partial charge in [0.25, 0.3) is 5.56 Å². The molecule has 36 heavy (non-hydrogen) atoms. The lowest BCUT2D eigenvalue weighted by Gasteiger charge is -2.32. The molecule has 188 valence electrons. The number of benzene rings is 2. The molecule has 0 amide bonds. The van der Waals surface area contributed by atoms with Crippen LogP contribution in [0.3, 0.4) is 0 Å². The fourth-order valence-corrected chi connectivity index (χ4v) is 5.86. The van der Waals surface area contributed by atoms with Crippen LogP contribution in [0.15, 0.2) is 62.5 Å². The molecule has 2 aromatic carbocycles. The number of hydrogen-bond acceptors (Lipinski definition) is 6. The minimum Gasteiger partial charge on any atom is -0.378 e. The Morgan fingerprint density at radius 1 is 1.06 bits per heavy atom. The molecular formula is C25H23FIN3O5S. The zero-order chi connectivity index (χ0) is 25.9. The highest BCUT2D eigenvalue weighted by molar-refractivity contribution is 14.1. The van der Waals surface area contributed by atoms with E-state index < -0.39 is 27.2 Å². The molecule has 0 unspecified atom stereocenters. The first-order chi connectivity index (χ1) is 17.0. The molecule has 0 spiro atoms. The Morgan fingerprint density at radius 3 is 2.33 bits per heavy atom. The summed E-state index contributed by atoms with van der Waals surface area (Å²) in [7, 11) is -2.63. The van der Waals surface area contributed by atoms with Gasteiger partial charge in [0, 0.05) is 23.2 Å². The quantitative estimate of drug-likeness (QED) is 0.316. The fourth-order valence-electron chi connectivity index (χ4n) is 4.40. The molecule has 1 aromatic heterocycles. The van der Waals surface area contributed by atoms with Crippen LogP contribution in [0.4, 0.5) is 10.2 Å². The van der Waals surface area contributed by atoms with Gasteiger partial charge >= 0.3 is 15.8 Å². The predicted molar refractivity (Wildman–Crippen MR) is 143 cm³/mol. The van der Waals surface area contributed by atoms with E-state index >= 15 is 4.39 Å². The van der Waals surface area contributed by atoms with Crippen LogP contribution in [0.2, 0.25) is 0 Å². The van der Waals surface area contributed by atoms with E-state index in [0.717, 1.165) is 14.7 Å². The molecule has 0 saturated heterocycles. The van der Waals surface area contributed by atoms with E-state index in [1.54, 1.807) is 37.1 Å². The van der Waals surface area contributed by atoms with Crippen molar-refractivity contribution in [2.75, 3.05) is 18.5 Å². The van der Waals surface area contributed by atoms with Crippen molar-refractivity contribution in [3.63, 3.8) is 0 Å². The molecule has 0 radical (unpaired) electrons. The third-order valence-corrected chi connectivity index (χ3v) is 8.19. The summed E-state index contributed by atoms with van der Waals surface area (Å²) < 4.78 is 50.0. The Labute approximate surface area is 220 Å². The molecule has 1 aliphatic carbocycles. The van der Waals surface area contributed by atoms with Crippen molar-refractivity contribution in [2.45, 2.75) is 37.6 Å². The lowest BCUT2D eigenvalue weighted by atomic mass is 10.1. The van der Waals surface area contributed by atoms with Crippen molar-refractivity contribution in [3.8, 4) is 5.69 Å². The second-order valence-electron chi connectivity index (χ2n) is 9.13. The normalized spacial score (nSPS) is 15.8. The number of aromatic nitrogens is 2. The van der Waals surface area contributed by atoms with Gasteiger partial charge in [-0.1, -0.05) is 17.7 Å². The van der Waals surface area contributed by atoms with Crippen LogP contribution < -0.4 is 16.1 Å². The molecule has 2 aliphatic rings. The SMILES string of the molecule is CC1=C(OS(=O)(=O)c2ccc(C)cc2)c2c(n(-c3ccc(I)cc3F)c(=O)n(C3CC3)c2=O)N(C)C1. The summed E-state index contributed by atoms with van der Waals surface area (Å²) in [6, 6.07) is 10.3. The van der Waals surface area contributed by atoms with Crippen LogP contribution in [0.1, 0.15) is 36.9 Å². The Hall–Kier alpha value is -2.93. The van der Waals surface area contributed by atoms with Crippen molar-refractivity contribution in [1.82, 2.24) is 9.13 Å². The minimum atomic E-state index is -4.29. The molecule has 0 atom stereocenters. The number of nitrogens with zero attached hydrogens (tertiary/aromatic N) is 3. The van der Waals surface area contributed by atoms with Gasteiger partial charge in [0.2, 0.25) is 0 Å². The predicted octanol–water partition coefficient (Wildman–Crippen LogP) is 3.97. The number of likely N-dealkylation sites (N-methyl/N-ethyl adjacent to an activating group) is 1. The Kier molecular flexibility index (Phi) is 6.10. The van der Waals surface area contributed by atoms with Gasteiger partial charge in [-0.3, -0.25) is 9.36 Å². The van der Waals surface area contributed by atoms with Crippen molar-refractivity contribution >= 4 is 44.3 Å². The molecule has 0 bridgehead atoms. The van der Waals surface area contributed by atoms with Gasteiger partial charge in [-0.05, 0) is 85.2 Å².